The number of aromatic nitrogens is 3. The van der Waals surface area contributed by atoms with Crippen molar-refractivity contribution in [1.82, 2.24) is 15.2 Å². The Morgan fingerprint density at radius 1 is 1.33 bits per heavy atom. The van der Waals surface area contributed by atoms with Crippen LogP contribution in [-0.2, 0) is 6.54 Å². The number of anilines is 1. The van der Waals surface area contributed by atoms with E-state index in [2.05, 4.69) is 20.5 Å². The Hall–Kier alpha value is -1.84. The second-order valence-corrected chi connectivity index (χ2v) is 3.54. The van der Waals surface area contributed by atoms with E-state index in [1.807, 2.05) is 38.2 Å². The molecule has 0 aliphatic rings. The summed E-state index contributed by atoms with van der Waals surface area (Å²) in [5, 5.41) is 10.1. The lowest BCUT2D eigenvalue weighted by Gasteiger charge is -2.04. The first-order valence-corrected chi connectivity index (χ1v) is 4.92. The van der Waals surface area contributed by atoms with Crippen LogP contribution in [0.15, 0.2) is 24.4 Å². The van der Waals surface area contributed by atoms with Crippen LogP contribution in [-0.4, -0.2) is 15.2 Å². The summed E-state index contributed by atoms with van der Waals surface area (Å²) in [6.45, 7) is 4.74. The van der Waals surface area contributed by atoms with Crippen LogP contribution < -0.4 is 5.32 Å². The number of pyridine rings is 1. The van der Waals surface area contributed by atoms with E-state index < -0.39 is 0 Å². The fourth-order valence-electron chi connectivity index (χ4n) is 1.38. The number of hydrogen-bond donors (Lipinski definition) is 2. The van der Waals surface area contributed by atoms with Gasteiger partial charge in [0, 0.05) is 23.5 Å². The lowest BCUT2D eigenvalue weighted by molar-refractivity contribution is 1.04. The third-order valence-electron chi connectivity index (χ3n) is 2.28. The maximum Gasteiger partial charge on any atom is 0.126 e. The first-order valence-electron chi connectivity index (χ1n) is 4.92. The highest BCUT2D eigenvalue weighted by atomic mass is 15.1. The predicted octanol–water partition coefficient (Wildman–Crippen LogP) is 2.03. The molecule has 2 heterocycles. The van der Waals surface area contributed by atoms with Gasteiger partial charge in [0.15, 0.2) is 0 Å². The first kappa shape index (κ1) is 9.71. The van der Waals surface area contributed by atoms with Crippen LogP contribution in [0.2, 0.25) is 0 Å². The average Bonchev–Trinajstić information content (AvgIpc) is 2.61. The van der Waals surface area contributed by atoms with Crippen molar-refractivity contribution in [3.8, 4) is 0 Å². The van der Waals surface area contributed by atoms with Gasteiger partial charge < -0.3 is 5.32 Å². The molecule has 0 saturated carbocycles. The highest BCUT2D eigenvalue weighted by Gasteiger charge is 2.00. The molecule has 2 aromatic rings. The lowest BCUT2D eigenvalue weighted by atomic mass is 10.2. The van der Waals surface area contributed by atoms with Crippen LogP contribution in [0.4, 0.5) is 5.82 Å². The van der Waals surface area contributed by atoms with E-state index in [9.17, 15) is 0 Å². The zero-order valence-corrected chi connectivity index (χ0v) is 8.91. The zero-order valence-electron chi connectivity index (χ0n) is 8.91. The molecule has 15 heavy (non-hydrogen) atoms. The van der Waals surface area contributed by atoms with Crippen LogP contribution in [0, 0.1) is 13.8 Å². The summed E-state index contributed by atoms with van der Waals surface area (Å²) in [7, 11) is 0. The standard InChI is InChI=1S/C11H14N4/c1-8-4-3-5-11(14-8)12-6-10-7-13-15-9(10)2/h3-5,7H,6H2,1-2H3,(H,12,14)(H,13,15). The Bertz CT molecular complexity index is 447. The van der Waals surface area contributed by atoms with E-state index in [-0.39, 0.29) is 0 Å². The highest BCUT2D eigenvalue weighted by molar-refractivity contribution is 5.36. The Balaban J connectivity index is 2.02. The first-order chi connectivity index (χ1) is 7.25. The molecule has 2 rings (SSSR count). The minimum atomic E-state index is 0.749. The Kier molecular flexibility index (Phi) is 2.67. The Labute approximate surface area is 88.8 Å². The van der Waals surface area contributed by atoms with Gasteiger partial charge in [-0.25, -0.2) is 4.98 Å². The van der Waals surface area contributed by atoms with Gasteiger partial charge in [-0.05, 0) is 26.0 Å². The third-order valence-corrected chi connectivity index (χ3v) is 2.28. The fourth-order valence-corrected chi connectivity index (χ4v) is 1.38. The van der Waals surface area contributed by atoms with E-state index in [0.29, 0.717) is 0 Å². The Morgan fingerprint density at radius 3 is 2.87 bits per heavy atom. The quantitative estimate of drug-likeness (QED) is 0.800. The van der Waals surface area contributed by atoms with Crippen molar-refractivity contribution in [1.29, 1.82) is 0 Å². The van der Waals surface area contributed by atoms with Crippen molar-refractivity contribution in [2.24, 2.45) is 0 Å². The molecule has 2 N–H and O–H groups in total. The molecule has 0 bridgehead atoms. The van der Waals surface area contributed by atoms with Crippen LogP contribution in [0.1, 0.15) is 17.0 Å². The largest absolute Gasteiger partial charge is 0.366 e. The van der Waals surface area contributed by atoms with Gasteiger partial charge in [0.1, 0.15) is 5.82 Å². The third kappa shape index (κ3) is 2.34. The molecule has 78 valence electrons. The number of H-pyrrole nitrogens is 1. The number of hydrogen-bond acceptors (Lipinski definition) is 3. The maximum absolute atomic E-state index is 4.36. The van der Waals surface area contributed by atoms with Gasteiger partial charge in [0.05, 0.1) is 6.20 Å². The molecule has 0 aliphatic carbocycles. The molecule has 0 amide bonds. The molecule has 0 spiro atoms. The summed E-state index contributed by atoms with van der Waals surface area (Å²) < 4.78 is 0. The summed E-state index contributed by atoms with van der Waals surface area (Å²) in [4.78, 5) is 4.36. The smallest absolute Gasteiger partial charge is 0.126 e. The van der Waals surface area contributed by atoms with Crippen LogP contribution in [0.3, 0.4) is 0 Å². The number of aryl methyl sites for hydroxylation is 2. The second kappa shape index (κ2) is 4.13. The van der Waals surface area contributed by atoms with Gasteiger partial charge in [0.25, 0.3) is 0 Å². The molecule has 0 unspecified atom stereocenters. The minimum absolute atomic E-state index is 0.749. The average molecular weight is 202 g/mol. The number of rotatable bonds is 3. The molecule has 0 fully saturated rings. The van der Waals surface area contributed by atoms with E-state index in [4.69, 9.17) is 0 Å². The number of nitrogens with zero attached hydrogens (tertiary/aromatic N) is 2. The van der Waals surface area contributed by atoms with Crippen LogP contribution in [0.25, 0.3) is 0 Å². The van der Waals surface area contributed by atoms with Gasteiger partial charge >= 0.3 is 0 Å². The molecule has 2 aromatic heterocycles. The van der Waals surface area contributed by atoms with Crippen LogP contribution >= 0.6 is 0 Å². The van der Waals surface area contributed by atoms with Crippen molar-refractivity contribution in [3.63, 3.8) is 0 Å². The number of nitrogens with one attached hydrogen (secondary N) is 2. The predicted molar refractivity (Wildman–Crippen MR) is 59.6 cm³/mol. The highest BCUT2D eigenvalue weighted by Crippen LogP contribution is 2.08. The molecular formula is C11H14N4. The Morgan fingerprint density at radius 2 is 2.20 bits per heavy atom. The van der Waals surface area contributed by atoms with E-state index in [0.717, 1.165) is 23.8 Å². The zero-order chi connectivity index (χ0) is 10.7. The summed E-state index contributed by atoms with van der Waals surface area (Å²) in [6.07, 6.45) is 1.83. The normalized spacial score (nSPS) is 10.3. The van der Waals surface area contributed by atoms with Crippen LogP contribution in [0.5, 0.6) is 0 Å². The second-order valence-electron chi connectivity index (χ2n) is 3.54. The fraction of sp³-hybridized carbons (Fsp3) is 0.273. The van der Waals surface area contributed by atoms with Gasteiger partial charge in [-0.2, -0.15) is 5.10 Å². The van der Waals surface area contributed by atoms with Crippen molar-refractivity contribution < 1.29 is 0 Å². The van der Waals surface area contributed by atoms with Crippen molar-refractivity contribution in [2.75, 3.05) is 5.32 Å². The molecular weight excluding hydrogens is 188 g/mol. The van der Waals surface area contributed by atoms with E-state index in [1.165, 1.54) is 5.56 Å². The lowest BCUT2D eigenvalue weighted by Crippen LogP contribution is -2.02. The summed E-state index contributed by atoms with van der Waals surface area (Å²) in [5.41, 5.74) is 3.28. The molecule has 0 atom stereocenters. The summed E-state index contributed by atoms with van der Waals surface area (Å²) in [5.74, 6) is 0.899. The molecule has 0 aromatic carbocycles. The van der Waals surface area contributed by atoms with E-state index in [1.54, 1.807) is 0 Å². The van der Waals surface area contributed by atoms with Gasteiger partial charge in [-0.3, -0.25) is 5.10 Å². The molecule has 4 heteroatoms. The SMILES string of the molecule is Cc1cccc(NCc2cn[nH]c2C)n1. The van der Waals surface area contributed by atoms with Gasteiger partial charge in [-0.15, -0.1) is 0 Å². The molecule has 0 aliphatic heterocycles. The van der Waals surface area contributed by atoms with Crippen molar-refractivity contribution >= 4 is 5.82 Å². The summed E-state index contributed by atoms with van der Waals surface area (Å²) in [6, 6.07) is 5.93. The van der Waals surface area contributed by atoms with E-state index >= 15 is 0 Å². The minimum Gasteiger partial charge on any atom is -0.366 e. The molecule has 0 radical (unpaired) electrons. The maximum atomic E-state index is 4.36. The topological polar surface area (TPSA) is 53.6 Å². The summed E-state index contributed by atoms with van der Waals surface area (Å²) >= 11 is 0. The molecule has 0 saturated heterocycles. The van der Waals surface area contributed by atoms with Crippen molar-refractivity contribution in [2.45, 2.75) is 20.4 Å². The number of aromatic amines is 1. The van der Waals surface area contributed by atoms with Crippen molar-refractivity contribution in [3.05, 3.63) is 41.3 Å². The monoisotopic (exact) mass is 202 g/mol. The van der Waals surface area contributed by atoms with Gasteiger partial charge in [-0.1, -0.05) is 6.07 Å². The molecule has 4 nitrogen and oxygen atoms in total. The van der Waals surface area contributed by atoms with Gasteiger partial charge in [0.2, 0.25) is 0 Å².